The van der Waals surface area contributed by atoms with Crippen LogP contribution >= 0.6 is 11.6 Å². The summed E-state index contributed by atoms with van der Waals surface area (Å²) in [6.07, 6.45) is 0. The highest BCUT2D eigenvalue weighted by Gasteiger charge is 2.19. The minimum Gasteiger partial charge on any atom is -0.478 e. The summed E-state index contributed by atoms with van der Waals surface area (Å²) in [6, 6.07) is 4.77. The molecule has 0 aliphatic carbocycles. The molecule has 0 unspecified atom stereocenters. The van der Waals surface area contributed by atoms with Crippen molar-refractivity contribution in [2.75, 3.05) is 13.7 Å². The first kappa shape index (κ1) is 15.5. The van der Waals surface area contributed by atoms with E-state index in [4.69, 9.17) is 16.3 Å². The summed E-state index contributed by atoms with van der Waals surface area (Å²) in [6.45, 7) is 4.94. The van der Waals surface area contributed by atoms with Crippen molar-refractivity contribution in [3.8, 4) is 11.1 Å². The van der Waals surface area contributed by atoms with Gasteiger partial charge in [-0.25, -0.2) is 4.79 Å². The number of carboxylic acid groups (broad SMARTS) is 1. The largest absolute Gasteiger partial charge is 0.478 e. The topological polar surface area (TPSA) is 64.4 Å². The molecule has 0 aliphatic heterocycles. The number of ether oxygens (including phenoxy) is 1. The average molecular weight is 309 g/mol. The maximum absolute atomic E-state index is 11.4. The number of aryl methyl sites for hydroxylation is 1. The number of aromatic nitrogens is 2. The van der Waals surface area contributed by atoms with Gasteiger partial charge in [0.2, 0.25) is 0 Å². The van der Waals surface area contributed by atoms with Crippen LogP contribution in [-0.2, 0) is 11.3 Å². The van der Waals surface area contributed by atoms with Gasteiger partial charge in [-0.1, -0.05) is 11.6 Å². The van der Waals surface area contributed by atoms with Crippen LogP contribution in [0.2, 0.25) is 5.02 Å². The van der Waals surface area contributed by atoms with Gasteiger partial charge < -0.3 is 9.84 Å². The molecule has 112 valence electrons. The number of halogens is 1. The number of hydrogen-bond donors (Lipinski definition) is 1. The van der Waals surface area contributed by atoms with Crippen LogP contribution in [0, 0.1) is 13.8 Å². The number of hydrogen-bond acceptors (Lipinski definition) is 3. The fourth-order valence-electron chi connectivity index (χ4n) is 2.39. The van der Waals surface area contributed by atoms with E-state index in [9.17, 15) is 9.90 Å². The fourth-order valence-corrected chi connectivity index (χ4v) is 2.56. The van der Waals surface area contributed by atoms with E-state index in [1.54, 1.807) is 19.2 Å². The van der Waals surface area contributed by atoms with E-state index in [0.29, 0.717) is 23.7 Å². The molecule has 1 aromatic carbocycles. The Kier molecular flexibility index (Phi) is 4.65. The van der Waals surface area contributed by atoms with E-state index in [-0.39, 0.29) is 5.56 Å². The van der Waals surface area contributed by atoms with Crippen molar-refractivity contribution in [2.24, 2.45) is 0 Å². The van der Waals surface area contributed by atoms with Crippen molar-refractivity contribution in [1.29, 1.82) is 0 Å². The Morgan fingerprint density at radius 2 is 2.14 bits per heavy atom. The number of benzene rings is 1. The minimum atomic E-state index is -0.981. The molecule has 0 bridgehead atoms. The summed E-state index contributed by atoms with van der Waals surface area (Å²) in [5.41, 5.74) is 3.29. The molecule has 0 fully saturated rings. The van der Waals surface area contributed by atoms with Gasteiger partial charge in [0.1, 0.15) is 0 Å². The Morgan fingerprint density at radius 3 is 2.76 bits per heavy atom. The standard InChI is InChI=1S/C15H17ClN2O3/c1-9-14(10(2)18(17-9)6-7-21-3)13-8-11(16)4-5-12(13)15(19)20/h4-5,8H,6-7H2,1-3H3,(H,19,20). The molecule has 2 aromatic rings. The Hall–Kier alpha value is -1.85. The Balaban J connectivity index is 2.59. The van der Waals surface area contributed by atoms with Crippen LogP contribution < -0.4 is 0 Å². The monoisotopic (exact) mass is 308 g/mol. The minimum absolute atomic E-state index is 0.219. The third kappa shape index (κ3) is 3.09. The molecule has 1 aromatic heterocycles. The van der Waals surface area contributed by atoms with Crippen molar-refractivity contribution < 1.29 is 14.6 Å². The van der Waals surface area contributed by atoms with E-state index in [0.717, 1.165) is 17.0 Å². The maximum atomic E-state index is 11.4. The van der Waals surface area contributed by atoms with Gasteiger partial charge in [0.25, 0.3) is 0 Å². The quantitative estimate of drug-likeness (QED) is 0.921. The Labute approximate surface area is 128 Å². The zero-order valence-electron chi connectivity index (χ0n) is 12.2. The number of methoxy groups -OCH3 is 1. The first-order chi connectivity index (χ1) is 9.95. The molecular weight excluding hydrogens is 292 g/mol. The van der Waals surface area contributed by atoms with Crippen LogP contribution in [0.4, 0.5) is 0 Å². The molecule has 21 heavy (non-hydrogen) atoms. The number of aromatic carboxylic acids is 1. The lowest BCUT2D eigenvalue weighted by molar-refractivity contribution is 0.0698. The van der Waals surface area contributed by atoms with Crippen LogP contribution in [0.1, 0.15) is 21.7 Å². The normalized spacial score (nSPS) is 10.9. The summed E-state index contributed by atoms with van der Waals surface area (Å²) in [5, 5.41) is 14.3. The Morgan fingerprint density at radius 1 is 1.43 bits per heavy atom. The average Bonchev–Trinajstić information content (AvgIpc) is 2.70. The van der Waals surface area contributed by atoms with Gasteiger partial charge >= 0.3 is 5.97 Å². The molecule has 0 radical (unpaired) electrons. The van der Waals surface area contributed by atoms with Crippen LogP contribution in [0.15, 0.2) is 18.2 Å². The van der Waals surface area contributed by atoms with Crippen molar-refractivity contribution in [2.45, 2.75) is 20.4 Å². The maximum Gasteiger partial charge on any atom is 0.336 e. The molecule has 1 heterocycles. The second-order valence-electron chi connectivity index (χ2n) is 4.76. The molecule has 0 atom stereocenters. The van der Waals surface area contributed by atoms with E-state index < -0.39 is 5.97 Å². The predicted octanol–water partition coefficient (Wildman–Crippen LogP) is 3.16. The Bertz CT molecular complexity index is 680. The zero-order chi connectivity index (χ0) is 15.6. The molecule has 1 N–H and O–H groups in total. The molecule has 0 amide bonds. The summed E-state index contributed by atoms with van der Waals surface area (Å²) in [7, 11) is 1.63. The third-order valence-electron chi connectivity index (χ3n) is 3.37. The highest BCUT2D eigenvalue weighted by Crippen LogP contribution is 2.32. The molecule has 6 heteroatoms. The summed E-state index contributed by atoms with van der Waals surface area (Å²) in [5.74, 6) is -0.981. The SMILES string of the molecule is COCCn1nc(C)c(-c2cc(Cl)ccc2C(=O)O)c1C. The molecule has 5 nitrogen and oxygen atoms in total. The van der Waals surface area contributed by atoms with E-state index in [1.807, 2.05) is 18.5 Å². The molecule has 0 saturated carbocycles. The van der Waals surface area contributed by atoms with Gasteiger partial charge in [0, 0.05) is 29.0 Å². The van der Waals surface area contributed by atoms with Gasteiger partial charge in [-0.15, -0.1) is 0 Å². The molecule has 0 spiro atoms. The summed E-state index contributed by atoms with van der Waals surface area (Å²) >= 11 is 6.03. The first-order valence-electron chi connectivity index (χ1n) is 6.52. The molecular formula is C15H17ClN2O3. The number of carbonyl (C=O) groups is 1. The third-order valence-corrected chi connectivity index (χ3v) is 3.61. The van der Waals surface area contributed by atoms with Crippen LogP contribution in [0.25, 0.3) is 11.1 Å². The highest BCUT2D eigenvalue weighted by atomic mass is 35.5. The van der Waals surface area contributed by atoms with Crippen molar-refractivity contribution in [1.82, 2.24) is 9.78 Å². The predicted molar refractivity (Wildman–Crippen MR) is 81.0 cm³/mol. The van der Waals surface area contributed by atoms with Gasteiger partial charge in [0.15, 0.2) is 0 Å². The van der Waals surface area contributed by atoms with Crippen LogP contribution in [0.5, 0.6) is 0 Å². The van der Waals surface area contributed by atoms with Crippen molar-refractivity contribution in [3.63, 3.8) is 0 Å². The zero-order valence-corrected chi connectivity index (χ0v) is 12.9. The van der Waals surface area contributed by atoms with E-state index >= 15 is 0 Å². The van der Waals surface area contributed by atoms with Gasteiger partial charge in [-0.05, 0) is 32.0 Å². The number of carboxylic acids is 1. The molecule has 2 rings (SSSR count). The number of rotatable bonds is 5. The van der Waals surface area contributed by atoms with E-state index in [1.165, 1.54) is 6.07 Å². The highest BCUT2D eigenvalue weighted by molar-refractivity contribution is 6.31. The first-order valence-corrected chi connectivity index (χ1v) is 6.89. The van der Waals surface area contributed by atoms with Crippen LogP contribution in [0.3, 0.4) is 0 Å². The smallest absolute Gasteiger partial charge is 0.336 e. The fraction of sp³-hybridized carbons (Fsp3) is 0.333. The summed E-state index contributed by atoms with van der Waals surface area (Å²) < 4.78 is 6.88. The second kappa shape index (κ2) is 6.28. The molecule has 0 saturated heterocycles. The molecule has 0 aliphatic rings. The van der Waals surface area contributed by atoms with E-state index in [2.05, 4.69) is 5.10 Å². The number of nitrogens with zero attached hydrogens (tertiary/aromatic N) is 2. The lowest BCUT2D eigenvalue weighted by atomic mass is 9.98. The second-order valence-corrected chi connectivity index (χ2v) is 5.19. The lowest BCUT2D eigenvalue weighted by Gasteiger charge is -2.08. The van der Waals surface area contributed by atoms with Gasteiger partial charge in [0.05, 0.1) is 24.4 Å². The van der Waals surface area contributed by atoms with Gasteiger partial charge in [-0.3, -0.25) is 4.68 Å². The van der Waals surface area contributed by atoms with Crippen molar-refractivity contribution >= 4 is 17.6 Å². The van der Waals surface area contributed by atoms with Crippen LogP contribution in [-0.4, -0.2) is 34.6 Å². The summed E-state index contributed by atoms with van der Waals surface area (Å²) in [4.78, 5) is 11.4. The van der Waals surface area contributed by atoms with Crippen molar-refractivity contribution in [3.05, 3.63) is 40.2 Å². The lowest BCUT2D eigenvalue weighted by Crippen LogP contribution is -2.07. The van der Waals surface area contributed by atoms with Gasteiger partial charge in [-0.2, -0.15) is 5.10 Å².